The van der Waals surface area contributed by atoms with E-state index in [1.54, 1.807) is 0 Å². The minimum absolute atomic E-state index is 0.198. The predicted molar refractivity (Wildman–Crippen MR) is 64.6 cm³/mol. The summed E-state index contributed by atoms with van der Waals surface area (Å²) in [6.07, 6.45) is 0.596. The van der Waals surface area contributed by atoms with Crippen molar-refractivity contribution in [3.63, 3.8) is 0 Å². The molecule has 0 spiro atoms. The number of imidazole rings is 1. The Morgan fingerprint density at radius 2 is 2.19 bits per heavy atom. The molecule has 1 N–H and O–H groups in total. The van der Waals surface area contributed by atoms with Crippen molar-refractivity contribution in [3.05, 3.63) is 29.6 Å². The number of H-pyrrole nitrogens is 1. The van der Waals surface area contributed by atoms with E-state index in [2.05, 4.69) is 23.8 Å². The molecule has 84 valence electrons. The van der Waals surface area contributed by atoms with Gasteiger partial charge in [-0.3, -0.25) is 4.79 Å². The quantitative estimate of drug-likeness (QED) is 0.801. The molecule has 2 rings (SSSR count). The highest BCUT2D eigenvalue weighted by molar-refractivity contribution is 5.98. The highest BCUT2D eigenvalue weighted by atomic mass is 16.1. The van der Waals surface area contributed by atoms with Gasteiger partial charge >= 0.3 is 0 Å². The van der Waals surface area contributed by atoms with Crippen LogP contribution in [0.25, 0.3) is 11.0 Å². The van der Waals surface area contributed by atoms with Crippen molar-refractivity contribution < 1.29 is 4.79 Å². The fourth-order valence-corrected chi connectivity index (χ4v) is 1.80. The van der Waals surface area contributed by atoms with E-state index in [0.717, 1.165) is 22.4 Å². The third-order valence-electron chi connectivity index (χ3n) is 2.52. The number of rotatable bonds is 3. The first-order chi connectivity index (χ1) is 7.56. The summed E-state index contributed by atoms with van der Waals surface area (Å²) < 4.78 is 0. The summed E-state index contributed by atoms with van der Waals surface area (Å²) in [5.41, 5.74) is 2.62. The highest BCUT2D eigenvalue weighted by Crippen LogP contribution is 2.16. The summed E-state index contributed by atoms with van der Waals surface area (Å²) >= 11 is 0. The topological polar surface area (TPSA) is 45.8 Å². The van der Waals surface area contributed by atoms with Crippen LogP contribution in [0.2, 0.25) is 0 Å². The van der Waals surface area contributed by atoms with Crippen molar-refractivity contribution in [1.82, 2.24) is 9.97 Å². The van der Waals surface area contributed by atoms with E-state index in [-0.39, 0.29) is 5.78 Å². The molecule has 1 aromatic heterocycles. The van der Waals surface area contributed by atoms with Gasteiger partial charge < -0.3 is 4.98 Å². The molecule has 0 aliphatic carbocycles. The fraction of sp³-hybridized carbons (Fsp3) is 0.385. The first kappa shape index (κ1) is 10.9. The largest absolute Gasteiger partial charge is 0.342 e. The van der Waals surface area contributed by atoms with Gasteiger partial charge in [0.05, 0.1) is 11.0 Å². The number of aryl methyl sites for hydroxylation is 1. The van der Waals surface area contributed by atoms with Gasteiger partial charge in [-0.15, -0.1) is 0 Å². The lowest BCUT2D eigenvalue weighted by Crippen LogP contribution is -2.03. The Kier molecular flexibility index (Phi) is 2.77. The van der Waals surface area contributed by atoms with Gasteiger partial charge in [-0.05, 0) is 31.0 Å². The number of benzene rings is 1. The maximum absolute atomic E-state index is 11.9. The van der Waals surface area contributed by atoms with E-state index in [0.29, 0.717) is 12.3 Å². The number of aromatic amines is 1. The van der Waals surface area contributed by atoms with E-state index in [4.69, 9.17) is 0 Å². The molecule has 3 nitrogen and oxygen atoms in total. The number of nitrogens with zero attached hydrogens (tertiary/aromatic N) is 1. The second-order valence-electron chi connectivity index (χ2n) is 4.58. The van der Waals surface area contributed by atoms with Crippen LogP contribution in [0.5, 0.6) is 0 Å². The summed E-state index contributed by atoms with van der Waals surface area (Å²) in [6, 6.07) is 5.64. The molecule has 0 saturated heterocycles. The van der Waals surface area contributed by atoms with Crippen molar-refractivity contribution in [1.29, 1.82) is 0 Å². The Balaban J connectivity index is 2.35. The normalized spacial score (nSPS) is 11.2. The van der Waals surface area contributed by atoms with E-state index >= 15 is 0 Å². The number of hydrogen-bond acceptors (Lipinski definition) is 2. The van der Waals surface area contributed by atoms with Crippen molar-refractivity contribution in [2.75, 3.05) is 0 Å². The third-order valence-corrected chi connectivity index (χ3v) is 2.52. The second-order valence-corrected chi connectivity index (χ2v) is 4.58. The number of hydrogen-bond donors (Lipinski definition) is 1. The molecule has 2 aromatic rings. The first-order valence-electron chi connectivity index (χ1n) is 5.56. The summed E-state index contributed by atoms with van der Waals surface area (Å²) in [4.78, 5) is 19.3. The molecule has 1 aromatic carbocycles. The monoisotopic (exact) mass is 216 g/mol. The zero-order valence-electron chi connectivity index (χ0n) is 9.87. The third kappa shape index (κ3) is 2.13. The average Bonchev–Trinajstić information content (AvgIpc) is 2.55. The predicted octanol–water partition coefficient (Wildman–Crippen LogP) is 3.10. The number of Topliss-reactive ketones (excluding diaryl/α,β-unsaturated/α-hetero) is 1. The number of aromatic nitrogens is 2. The van der Waals surface area contributed by atoms with Crippen LogP contribution in [0.1, 0.15) is 36.5 Å². The van der Waals surface area contributed by atoms with Crippen LogP contribution in [0.3, 0.4) is 0 Å². The zero-order valence-corrected chi connectivity index (χ0v) is 9.87. The fourth-order valence-electron chi connectivity index (χ4n) is 1.80. The number of carbonyl (C=O) groups is 1. The molecule has 0 unspecified atom stereocenters. The molecule has 0 atom stereocenters. The minimum Gasteiger partial charge on any atom is -0.342 e. The van der Waals surface area contributed by atoms with Crippen molar-refractivity contribution in [2.45, 2.75) is 27.2 Å². The Morgan fingerprint density at radius 3 is 2.88 bits per heavy atom. The molecule has 0 saturated carbocycles. The van der Waals surface area contributed by atoms with Gasteiger partial charge in [0.2, 0.25) is 0 Å². The van der Waals surface area contributed by atoms with Crippen molar-refractivity contribution in [3.8, 4) is 0 Å². The molecule has 0 aliphatic heterocycles. The summed E-state index contributed by atoms with van der Waals surface area (Å²) in [5.74, 6) is 1.47. The number of carbonyl (C=O) groups excluding carboxylic acids is 1. The molecule has 16 heavy (non-hydrogen) atoms. The van der Waals surface area contributed by atoms with E-state index in [1.165, 1.54) is 0 Å². The molecule has 3 heteroatoms. The Labute approximate surface area is 94.9 Å². The van der Waals surface area contributed by atoms with Gasteiger partial charge in [0.1, 0.15) is 5.82 Å². The van der Waals surface area contributed by atoms with Crippen LogP contribution in [-0.2, 0) is 0 Å². The minimum atomic E-state index is 0.198. The Bertz CT molecular complexity index is 526. The van der Waals surface area contributed by atoms with Crippen LogP contribution in [0.15, 0.2) is 18.2 Å². The molecule has 1 heterocycles. The van der Waals surface area contributed by atoms with Gasteiger partial charge in [0, 0.05) is 12.0 Å². The summed E-state index contributed by atoms with van der Waals surface area (Å²) in [7, 11) is 0. The smallest absolute Gasteiger partial charge is 0.163 e. The van der Waals surface area contributed by atoms with Gasteiger partial charge in [-0.1, -0.05) is 13.8 Å². The molecular formula is C13H16N2O. The second kappa shape index (κ2) is 4.08. The molecule has 0 amide bonds. The zero-order chi connectivity index (χ0) is 11.7. The molecule has 0 aliphatic rings. The lowest BCUT2D eigenvalue weighted by Gasteiger charge is -2.03. The number of fused-ring (bicyclic) bond motifs is 1. The number of ketones is 1. The maximum atomic E-state index is 11.9. The lowest BCUT2D eigenvalue weighted by atomic mass is 10.0. The maximum Gasteiger partial charge on any atom is 0.163 e. The van der Waals surface area contributed by atoms with Gasteiger partial charge in [-0.2, -0.15) is 0 Å². The van der Waals surface area contributed by atoms with E-state index in [1.807, 2.05) is 25.1 Å². The van der Waals surface area contributed by atoms with E-state index in [9.17, 15) is 4.79 Å². The van der Waals surface area contributed by atoms with Crippen molar-refractivity contribution in [2.24, 2.45) is 5.92 Å². The Hall–Kier alpha value is -1.64. The average molecular weight is 216 g/mol. The molecular weight excluding hydrogens is 200 g/mol. The highest BCUT2D eigenvalue weighted by Gasteiger charge is 2.09. The van der Waals surface area contributed by atoms with Crippen LogP contribution < -0.4 is 0 Å². The summed E-state index contributed by atoms with van der Waals surface area (Å²) in [6.45, 7) is 6.02. The first-order valence-corrected chi connectivity index (χ1v) is 5.56. The van der Waals surface area contributed by atoms with Crippen LogP contribution >= 0.6 is 0 Å². The van der Waals surface area contributed by atoms with Gasteiger partial charge in [0.25, 0.3) is 0 Å². The van der Waals surface area contributed by atoms with Gasteiger partial charge in [-0.25, -0.2) is 4.98 Å². The number of nitrogens with one attached hydrogen (secondary N) is 1. The van der Waals surface area contributed by atoms with Crippen LogP contribution in [-0.4, -0.2) is 15.8 Å². The van der Waals surface area contributed by atoms with Gasteiger partial charge in [0.15, 0.2) is 5.78 Å². The summed E-state index contributed by atoms with van der Waals surface area (Å²) in [5, 5.41) is 0. The van der Waals surface area contributed by atoms with Crippen molar-refractivity contribution >= 4 is 16.8 Å². The lowest BCUT2D eigenvalue weighted by molar-refractivity contribution is 0.0968. The molecule has 0 bridgehead atoms. The van der Waals surface area contributed by atoms with Crippen LogP contribution in [0, 0.1) is 12.8 Å². The molecule has 0 radical (unpaired) electrons. The standard InChI is InChI=1S/C13H16N2O/c1-8(2)6-13(16)10-4-5-11-12(7-10)15-9(3)14-11/h4-5,7-8H,6H2,1-3H3,(H,14,15). The van der Waals surface area contributed by atoms with E-state index < -0.39 is 0 Å². The molecule has 0 fully saturated rings. The SMILES string of the molecule is Cc1nc2ccc(C(=O)CC(C)C)cc2[nH]1. The van der Waals surface area contributed by atoms with Crippen LogP contribution in [0.4, 0.5) is 0 Å². The Morgan fingerprint density at radius 1 is 1.44 bits per heavy atom.